The Labute approximate surface area is 176 Å². The van der Waals surface area contributed by atoms with E-state index in [2.05, 4.69) is 68.3 Å². The summed E-state index contributed by atoms with van der Waals surface area (Å²) in [4.78, 5) is 13.3. The number of benzene rings is 3. The van der Waals surface area contributed by atoms with Gasteiger partial charge >= 0.3 is 0 Å². The Bertz CT molecular complexity index is 954. The van der Waals surface area contributed by atoms with Crippen molar-refractivity contribution in [1.29, 1.82) is 0 Å². The summed E-state index contributed by atoms with van der Waals surface area (Å²) in [7, 11) is 0. The lowest BCUT2D eigenvalue weighted by Crippen LogP contribution is -2.41. The number of fused-ring (bicyclic) bond motifs is 1. The molecule has 4 rings (SSSR count). The monoisotopic (exact) mass is 480 g/mol. The topological polar surface area (TPSA) is 17.1 Å². The Morgan fingerprint density at radius 1 is 0.667 bits per heavy atom. The van der Waals surface area contributed by atoms with Gasteiger partial charge in [0.15, 0.2) is 5.78 Å². The van der Waals surface area contributed by atoms with Crippen molar-refractivity contribution in [3.8, 4) is 0 Å². The molecule has 0 fully saturated rings. The van der Waals surface area contributed by atoms with Gasteiger partial charge in [0.1, 0.15) is 0 Å². The average molecular weight is 482 g/mol. The summed E-state index contributed by atoms with van der Waals surface area (Å²) in [5.41, 5.74) is 3.98. The summed E-state index contributed by atoms with van der Waals surface area (Å²) < 4.78 is 2.09. The maximum absolute atomic E-state index is 13.3. The summed E-state index contributed by atoms with van der Waals surface area (Å²) in [6.45, 7) is 0. The van der Waals surface area contributed by atoms with Crippen LogP contribution in [0.25, 0.3) is 6.08 Å². The number of carbonyl (C=O) groups is 1. The van der Waals surface area contributed by atoms with E-state index < -0.39 is 5.41 Å². The molecule has 0 N–H and O–H groups in total. The zero-order valence-corrected chi connectivity index (χ0v) is 17.8. The molecule has 134 valence electrons. The molecule has 0 aromatic heterocycles. The second-order valence-electron chi connectivity index (χ2n) is 6.97. The molecule has 3 aromatic carbocycles. The van der Waals surface area contributed by atoms with Crippen LogP contribution in [0.2, 0.25) is 0 Å². The maximum Gasteiger partial charge on any atom is 0.166 e. The molecule has 1 aliphatic carbocycles. The van der Waals surface area contributed by atoms with Crippen LogP contribution in [0.15, 0.2) is 87.8 Å². The van der Waals surface area contributed by atoms with E-state index in [0.717, 1.165) is 31.2 Å². The summed E-state index contributed by atoms with van der Waals surface area (Å²) in [5, 5.41) is 0. The van der Waals surface area contributed by atoms with Crippen LogP contribution >= 0.6 is 31.9 Å². The molecule has 0 saturated heterocycles. The van der Waals surface area contributed by atoms with E-state index in [1.54, 1.807) is 6.08 Å². The SMILES string of the molecule is O=C1C=Cc2ccccc2C1(Cc1ccc(Br)cc1)Cc1ccc(Br)cc1. The third-order valence-electron chi connectivity index (χ3n) is 5.20. The van der Waals surface area contributed by atoms with Crippen molar-refractivity contribution < 1.29 is 4.79 Å². The lowest BCUT2D eigenvalue weighted by Gasteiger charge is -2.36. The highest BCUT2D eigenvalue weighted by Gasteiger charge is 2.41. The minimum absolute atomic E-state index is 0.173. The van der Waals surface area contributed by atoms with Crippen LogP contribution in [0.1, 0.15) is 22.3 Å². The van der Waals surface area contributed by atoms with Crippen LogP contribution in [-0.2, 0) is 23.1 Å². The molecule has 3 heteroatoms. The third-order valence-corrected chi connectivity index (χ3v) is 6.26. The molecule has 0 atom stereocenters. The molecule has 0 amide bonds. The highest BCUT2D eigenvalue weighted by atomic mass is 79.9. The molecule has 0 heterocycles. The Hall–Kier alpha value is -1.97. The van der Waals surface area contributed by atoms with E-state index in [9.17, 15) is 4.79 Å². The van der Waals surface area contributed by atoms with Gasteiger partial charge in [0.2, 0.25) is 0 Å². The van der Waals surface area contributed by atoms with Gasteiger partial charge < -0.3 is 0 Å². The van der Waals surface area contributed by atoms with Gasteiger partial charge in [-0.05, 0) is 65.4 Å². The number of carbonyl (C=O) groups excluding carboxylic acids is 1. The number of ketones is 1. The number of hydrogen-bond acceptors (Lipinski definition) is 1. The largest absolute Gasteiger partial charge is 0.294 e. The van der Waals surface area contributed by atoms with E-state index in [4.69, 9.17) is 0 Å². The lowest BCUT2D eigenvalue weighted by molar-refractivity contribution is -0.120. The van der Waals surface area contributed by atoms with Gasteiger partial charge in [-0.2, -0.15) is 0 Å². The van der Waals surface area contributed by atoms with Crippen molar-refractivity contribution in [2.24, 2.45) is 0 Å². The van der Waals surface area contributed by atoms with E-state index in [0.29, 0.717) is 12.8 Å². The summed E-state index contributed by atoms with van der Waals surface area (Å²) in [6.07, 6.45) is 5.05. The average Bonchev–Trinajstić information content (AvgIpc) is 2.69. The fourth-order valence-corrected chi connectivity index (χ4v) is 4.39. The van der Waals surface area contributed by atoms with Crippen LogP contribution in [-0.4, -0.2) is 5.78 Å². The summed E-state index contributed by atoms with van der Waals surface area (Å²) in [5.74, 6) is 0.173. The van der Waals surface area contributed by atoms with Gasteiger partial charge in [0, 0.05) is 8.95 Å². The van der Waals surface area contributed by atoms with Crippen molar-refractivity contribution in [3.05, 3.63) is 110 Å². The van der Waals surface area contributed by atoms with Gasteiger partial charge in [-0.1, -0.05) is 86.5 Å². The number of allylic oxidation sites excluding steroid dienone is 1. The first-order chi connectivity index (χ1) is 13.1. The van der Waals surface area contributed by atoms with Gasteiger partial charge in [0.25, 0.3) is 0 Å². The fourth-order valence-electron chi connectivity index (χ4n) is 3.86. The van der Waals surface area contributed by atoms with Gasteiger partial charge in [-0.25, -0.2) is 0 Å². The maximum atomic E-state index is 13.3. The van der Waals surface area contributed by atoms with Gasteiger partial charge in [0.05, 0.1) is 5.41 Å². The second-order valence-corrected chi connectivity index (χ2v) is 8.80. The Morgan fingerprint density at radius 3 is 1.74 bits per heavy atom. The minimum Gasteiger partial charge on any atom is -0.294 e. The molecule has 3 aromatic rings. The van der Waals surface area contributed by atoms with Crippen molar-refractivity contribution in [1.82, 2.24) is 0 Å². The quantitative estimate of drug-likeness (QED) is 0.414. The first kappa shape index (κ1) is 18.4. The van der Waals surface area contributed by atoms with Crippen LogP contribution in [0, 0.1) is 0 Å². The molecule has 1 aliphatic rings. The molecule has 0 unspecified atom stereocenters. The highest BCUT2D eigenvalue weighted by molar-refractivity contribution is 9.10. The molecule has 1 nitrogen and oxygen atoms in total. The highest BCUT2D eigenvalue weighted by Crippen LogP contribution is 2.39. The molecular formula is C24H18Br2O. The molecular weight excluding hydrogens is 464 g/mol. The molecule has 0 bridgehead atoms. The number of halogens is 2. The Kier molecular flexibility index (Phi) is 5.16. The van der Waals surface area contributed by atoms with Gasteiger partial charge in [-0.15, -0.1) is 0 Å². The van der Waals surface area contributed by atoms with E-state index in [1.165, 1.54) is 0 Å². The summed E-state index contributed by atoms with van der Waals surface area (Å²) in [6, 6.07) is 24.8. The first-order valence-electron chi connectivity index (χ1n) is 8.88. The van der Waals surface area contributed by atoms with Crippen molar-refractivity contribution in [2.75, 3.05) is 0 Å². The Morgan fingerprint density at radius 2 is 1.19 bits per heavy atom. The Balaban J connectivity index is 1.84. The van der Waals surface area contributed by atoms with Crippen LogP contribution in [0.5, 0.6) is 0 Å². The van der Waals surface area contributed by atoms with Gasteiger partial charge in [-0.3, -0.25) is 4.79 Å². The molecule has 0 aliphatic heterocycles. The molecule has 0 saturated carbocycles. The molecule has 0 spiro atoms. The van der Waals surface area contributed by atoms with E-state index in [-0.39, 0.29) is 5.78 Å². The number of rotatable bonds is 4. The first-order valence-corrected chi connectivity index (χ1v) is 10.5. The van der Waals surface area contributed by atoms with E-state index in [1.807, 2.05) is 42.5 Å². The van der Waals surface area contributed by atoms with Crippen molar-refractivity contribution in [3.63, 3.8) is 0 Å². The minimum atomic E-state index is -0.590. The second kappa shape index (κ2) is 7.57. The number of hydrogen-bond donors (Lipinski definition) is 0. The van der Waals surface area contributed by atoms with Crippen LogP contribution < -0.4 is 0 Å². The third kappa shape index (κ3) is 3.71. The lowest BCUT2D eigenvalue weighted by atomic mass is 9.65. The fraction of sp³-hybridized carbons (Fsp3) is 0.125. The zero-order valence-electron chi connectivity index (χ0n) is 14.7. The summed E-state index contributed by atoms with van der Waals surface area (Å²) >= 11 is 7.00. The normalized spacial score (nSPS) is 14.8. The standard InChI is InChI=1S/C24H18Br2O/c25-20-10-5-17(6-11-20)15-24(16-18-7-12-21(26)13-8-18)22-4-2-1-3-19(22)9-14-23(24)27/h1-14H,15-16H2. The van der Waals surface area contributed by atoms with E-state index >= 15 is 0 Å². The molecule has 0 radical (unpaired) electrons. The van der Waals surface area contributed by atoms with Crippen molar-refractivity contribution in [2.45, 2.75) is 18.3 Å². The predicted octanol–water partition coefficient (Wildman–Crippen LogP) is 6.53. The zero-order chi connectivity index (χ0) is 18.9. The van der Waals surface area contributed by atoms with Crippen molar-refractivity contribution >= 4 is 43.7 Å². The van der Waals surface area contributed by atoms with Crippen LogP contribution in [0.4, 0.5) is 0 Å². The smallest absolute Gasteiger partial charge is 0.166 e. The predicted molar refractivity (Wildman–Crippen MR) is 118 cm³/mol. The van der Waals surface area contributed by atoms with Crippen LogP contribution in [0.3, 0.4) is 0 Å². The molecule has 27 heavy (non-hydrogen) atoms.